The zero-order chi connectivity index (χ0) is 17.2. The van der Waals surface area contributed by atoms with E-state index >= 15 is 0 Å². The maximum Gasteiger partial charge on any atom is 0.240 e. The highest BCUT2D eigenvalue weighted by Gasteiger charge is 2.06. The van der Waals surface area contributed by atoms with Crippen molar-refractivity contribution in [1.29, 1.82) is 5.26 Å². The number of nitrogens with one attached hydrogen (secondary N) is 2. The largest absolute Gasteiger partial charge is 0.326 e. The third-order valence-corrected chi connectivity index (χ3v) is 3.08. The molecule has 2 rings (SSSR count). The quantitative estimate of drug-likeness (QED) is 0.632. The summed E-state index contributed by atoms with van der Waals surface area (Å²) >= 11 is 0. The third-order valence-electron chi connectivity index (χ3n) is 3.08. The minimum Gasteiger partial charge on any atom is -0.326 e. The van der Waals surface area contributed by atoms with Crippen molar-refractivity contribution in [3.05, 3.63) is 65.7 Å². The van der Waals surface area contributed by atoms with Crippen molar-refractivity contribution in [2.45, 2.75) is 12.8 Å². The Hall–Kier alpha value is -3.46. The number of hydrogen-bond acceptors (Lipinski definition) is 4. The van der Waals surface area contributed by atoms with E-state index in [9.17, 15) is 9.59 Å². The van der Waals surface area contributed by atoms with Crippen molar-refractivity contribution in [2.75, 3.05) is 5.32 Å². The second kappa shape index (κ2) is 8.86. The summed E-state index contributed by atoms with van der Waals surface area (Å²) in [6.07, 6.45) is 1.60. The summed E-state index contributed by atoms with van der Waals surface area (Å²) in [5.41, 5.74) is 4.38. The molecule has 0 aliphatic carbocycles. The first-order valence-electron chi connectivity index (χ1n) is 7.34. The summed E-state index contributed by atoms with van der Waals surface area (Å²) in [4.78, 5) is 23.4. The van der Waals surface area contributed by atoms with E-state index in [0.717, 1.165) is 5.56 Å². The van der Waals surface area contributed by atoms with Crippen LogP contribution in [0.1, 0.15) is 24.0 Å². The molecule has 0 saturated heterocycles. The van der Waals surface area contributed by atoms with Crippen LogP contribution in [0, 0.1) is 11.3 Å². The Balaban J connectivity index is 1.72. The SMILES string of the molecule is N#Cc1ccc(C=NNC(=O)CCC(=O)Nc2ccccc2)cc1. The lowest BCUT2D eigenvalue weighted by Crippen LogP contribution is -2.20. The third kappa shape index (κ3) is 5.73. The van der Waals surface area contributed by atoms with Crippen LogP contribution < -0.4 is 10.7 Å². The lowest BCUT2D eigenvalue weighted by Gasteiger charge is -2.04. The van der Waals surface area contributed by atoms with Gasteiger partial charge in [0.1, 0.15) is 0 Å². The first kappa shape index (κ1) is 16.9. The van der Waals surface area contributed by atoms with Gasteiger partial charge in [-0.2, -0.15) is 10.4 Å². The van der Waals surface area contributed by atoms with E-state index in [-0.39, 0.29) is 24.7 Å². The Morgan fingerprint density at radius 2 is 1.67 bits per heavy atom. The molecule has 0 spiro atoms. The van der Waals surface area contributed by atoms with Crippen molar-refractivity contribution in [2.24, 2.45) is 5.10 Å². The Kier molecular flexibility index (Phi) is 6.24. The summed E-state index contributed by atoms with van der Waals surface area (Å²) in [5, 5.41) is 15.2. The van der Waals surface area contributed by atoms with Gasteiger partial charge in [-0.25, -0.2) is 5.43 Å². The van der Waals surface area contributed by atoms with Crippen LogP contribution in [0.15, 0.2) is 59.7 Å². The van der Waals surface area contributed by atoms with E-state index in [1.165, 1.54) is 6.21 Å². The molecule has 0 bridgehead atoms. The van der Waals surface area contributed by atoms with Crippen LogP contribution >= 0.6 is 0 Å². The molecule has 24 heavy (non-hydrogen) atoms. The molecule has 0 aliphatic rings. The monoisotopic (exact) mass is 320 g/mol. The lowest BCUT2D eigenvalue weighted by molar-refractivity contribution is -0.124. The molecule has 0 saturated carbocycles. The Labute approximate surface area is 139 Å². The Morgan fingerprint density at radius 3 is 2.33 bits per heavy atom. The van der Waals surface area contributed by atoms with Crippen molar-refractivity contribution < 1.29 is 9.59 Å². The second-order valence-electron chi connectivity index (χ2n) is 4.94. The fraction of sp³-hybridized carbons (Fsp3) is 0.111. The van der Waals surface area contributed by atoms with Crippen LogP contribution in [0.2, 0.25) is 0 Å². The van der Waals surface area contributed by atoms with Crippen molar-refractivity contribution in [3.8, 4) is 6.07 Å². The summed E-state index contributed by atoms with van der Waals surface area (Å²) in [6.45, 7) is 0. The predicted octanol–water partition coefficient (Wildman–Crippen LogP) is 2.43. The van der Waals surface area contributed by atoms with E-state index in [2.05, 4.69) is 15.8 Å². The molecule has 2 amide bonds. The van der Waals surface area contributed by atoms with Gasteiger partial charge in [0.05, 0.1) is 17.8 Å². The standard InChI is InChI=1S/C18H16N4O2/c19-12-14-6-8-15(9-7-14)13-20-22-18(24)11-10-17(23)21-16-4-2-1-3-5-16/h1-9,13H,10-11H2,(H,21,23)(H,22,24). The van der Waals surface area contributed by atoms with Crippen LogP contribution in [0.5, 0.6) is 0 Å². The average molecular weight is 320 g/mol. The molecule has 0 fully saturated rings. The number of nitriles is 1. The molecule has 2 aromatic carbocycles. The predicted molar refractivity (Wildman–Crippen MR) is 91.2 cm³/mol. The zero-order valence-corrected chi connectivity index (χ0v) is 12.9. The van der Waals surface area contributed by atoms with Crippen LogP contribution in [0.25, 0.3) is 0 Å². The highest BCUT2D eigenvalue weighted by atomic mass is 16.2. The molecular formula is C18H16N4O2. The van der Waals surface area contributed by atoms with Gasteiger partial charge in [-0.1, -0.05) is 30.3 Å². The number of carbonyl (C=O) groups excluding carboxylic acids is 2. The van der Waals surface area contributed by atoms with Gasteiger partial charge in [-0.15, -0.1) is 0 Å². The van der Waals surface area contributed by atoms with Gasteiger partial charge in [0, 0.05) is 18.5 Å². The molecule has 2 N–H and O–H groups in total. The molecule has 0 unspecified atom stereocenters. The highest BCUT2D eigenvalue weighted by molar-refractivity contribution is 5.93. The molecule has 0 radical (unpaired) electrons. The number of para-hydroxylation sites is 1. The van der Waals surface area contributed by atoms with Gasteiger partial charge in [0.15, 0.2) is 0 Å². The molecule has 6 heteroatoms. The van der Waals surface area contributed by atoms with Crippen LogP contribution in [-0.2, 0) is 9.59 Å². The highest BCUT2D eigenvalue weighted by Crippen LogP contribution is 2.06. The molecule has 6 nitrogen and oxygen atoms in total. The molecule has 0 atom stereocenters. The number of nitrogens with zero attached hydrogens (tertiary/aromatic N) is 2. The fourth-order valence-electron chi connectivity index (χ4n) is 1.85. The number of anilines is 1. The first-order chi connectivity index (χ1) is 11.7. The van der Waals surface area contributed by atoms with Crippen molar-refractivity contribution >= 4 is 23.7 Å². The van der Waals surface area contributed by atoms with Gasteiger partial charge >= 0.3 is 0 Å². The van der Waals surface area contributed by atoms with Crippen molar-refractivity contribution in [3.63, 3.8) is 0 Å². The smallest absolute Gasteiger partial charge is 0.240 e. The summed E-state index contributed by atoms with van der Waals surface area (Å²) in [6, 6.07) is 17.8. The van der Waals surface area contributed by atoms with Crippen LogP contribution in [0.4, 0.5) is 5.69 Å². The second-order valence-corrected chi connectivity index (χ2v) is 4.94. The maximum absolute atomic E-state index is 11.7. The number of amides is 2. The van der Waals surface area contributed by atoms with E-state index < -0.39 is 0 Å². The van der Waals surface area contributed by atoms with Gasteiger partial charge in [0.2, 0.25) is 11.8 Å². The van der Waals surface area contributed by atoms with E-state index in [4.69, 9.17) is 5.26 Å². The van der Waals surface area contributed by atoms with Gasteiger partial charge in [-0.05, 0) is 29.8 Å². The summed E-state index contributed by atoms with van der Waals surface area (Å²) in [7, 11) is 0. The van der Waals surface area contributed by atoms with E-state index in [0.29, 0.717) is 11.3 Å². The first-order valence-corrected chi connectivity index (χ1v) is 7.34. The lowest BCUT2D eigenvalue weighted by atomic mass is 10.2. The van der Waals surface area contributed by atoms with Crippen LogP contribution in [0.3, 0.4) is 0 Å². The fourth-order valence-corrected chi connectivity index (χ4v) is 1.85. The zero-order valence-electron chi connectivity index (χ0n) is 12.9. The molecule has 0 aliphatic heterocycles. The molecule has 120 valence electrons. The molecule has 0 heterocycles. The number of hydrogen-bond donors (Lipinski definition) is 2. The Bertz CT molecular complexity index is 762. The van der Waals surface area contributed by atoms with E-state index in [1.807, 2.05) is 24.3 Å². The normalized spacial score (nSPS) is 10.1. The molecule has 2 aromatic rings. The molecule has 0 aromatic heterocycles. The minimum atomic E-state index is -0.344. The Morgan fingerprint density at radius 1 is 1.00 bits per heavy atom. The number of rotatable bonds is 6. The van der Waals surface area contributed by atoms with Crippen molar-refractivity contribution in [1.82, 2.24) is 5.43 Å². The van der Waals surface area contributed by atoms with Gasteiger partial charge in [-0.3, -0.25) is 9.59 Å². The number of benzene rings is 2. The topological polar surface area (TPSA) is 94.3 Å². The van der Waals surface area contributed by atoms with Gasteiger partial charge < -0.3 is 5.32 Å². The summed E-state index contributed by atoms with van der Waals surface area (Å²) in [5.74, 6) is -0.574. The molecular weight excluding hydrogens is 304 g/mol. The number of carbonyl (C=O) groups is 2. The summed E-state index contributed by atoms with van der Waals surface area (Å²) < 4.78 is 0. The average Bonchev–Trinajstić information content (AvgIpc) is 2.61. The van der Waals surface area contributed by atoms with Gasteiger partial charge in [0.25, 0.3) is 0 Å². The van der Waals surface area contributed by atoms with E-state index in [1.54, 1.807) is 36.4 Å². The minimum absolute atomic E-state index is 0.0450. The maximum atomic E-state index is 11.7. The number of hydrazone groups is 1. The van der Waals surface area contributed by atoms with Crippen LogP contribution in [-0.4, -0.2) is 18.0 Å².